The summed E-state index contributed by atoms with van der Waals surface area (Å²) in [7, 11) is 1.40. The molecule has 0 unspecified atom stereocenters. The van der Waals surface area contributed by atoms with Crippen molar-refractivity contribution in [2.24, 2.45) is 5.92 Å². The zero-order chi connectivity index (χ0) is 16.7. The van der Waals surface area contributed by atoms with E-state index >= 15 is 0 Å². The summed E-state index contributed by atoms with van der Waals surface area (Å²) < 4.78 is 4.81. The van der Waals surface area contributed by atoms with Gasteiger partial charge in [-0.3, -0.25) is 4.79 Å². The van der Waals surface area contributed by atoms with Gasteiger partial charge in [0.25, 0.3) is 0 Å². The van der Waals surface area contributed by atoms with Gasteiger partial charge in [0.15, 0.2) is 6.04 Å². The van der Waals surface area contributed by atoms with Crippen LogP contribution in [-0.4, -0.2) is 36.7 Å². The SMILES string of the molecule is COC[C@H](NC(=O)[C@H](C)c1ccc(CC(C)C)cc1)C(=O)O. The number of aliphatic carboxylic acids is 1. The number of hydrogen-bond acceptors (Lipinski definition) is 3. The predicted molar refractivity (Wildman–Crippen MR) is 84.8 cm³/mol. The number of carboxylic acids is 1. The number of carboxylic acid groups (broad SMARTS) is 1. The number of amides is 1. The molecule has 0 spiro atoms. The second-order valence-electron chi connectivity index (χ2n) is 5.92. The van der Waals surface area contributed by atoms with Crippen molar-refractivity contribution < 1.29 is 19.4 Å². The van der Waals surface area contributed by atoms with Crippen LogP contribution in [0.4, 0.5) is 0 Å². The number of hydrogen-bond donors (Lipinski definition) is 2. The molecule has 0 fully saturated rings. The van der Waals surface area contributed by atoms with Crippen LogP contribution in [0.25, 0.3) is 0 Å². The summed E-state index contributed by atoms with van der Waals surface area (Å²) in [5.74, 6) is -1.25. The quantitative estimate of drug-likeness (QED) is 0.772. The molecule has 5 nitrogen and oxygen atoms in total. The van der Waals surface area contributed by atoms with Crippen molar-refractivity contribution in [1.82, 2.24) is 5.32 Å². The van der Waals surface area contributed by atoms with Gasteiger partial charge in [-0.1, -0.05) is 38.1 Å². The highest BCUT2D eigenvalue weighted by Crippen LogP contribution is 2.18. The summed E-state index contributed by atoms with van der Waals surface area (Å²) in [6.07, 6.45) is 0.996. The molecule has 2 N–H and O–H groups in total. The zero-order valence-electron chi connectivity index (χ0n) is 13.6. The van der Waals surface area contributed by atoms with Crippen molar-refractivity contribution in [3.8, 4) is 0 Å². The van der Waals surface area contributed by atoms with Crippen molar-refractivity contribution in [3.05, 3.63) is 35.4 Å². The average molecular weight is 307 g/mol. The molecule has 1 amide bonds. The molecule has 2 atom stereocenters. The lowest BCUT2D eigenvalue weighted by atomic mass is 9.96. The lowest BCUT2D eigenvalue weighted by Gasteiger charge is -2.18. The largest absolute Gasteiger partial charge is 0.480 e. The molecule has 1 aromatic rings. The molecule has 0 aliphatic carbocycles. The van der Waals surface area contributed by atoms with Crippen LogP contribution < -0.4 is 5.32 Å². The van der Waals surface area contributed by atoms with Gasteiger partial charge in [0.05, 0.1) is 12.5 Å². The van der Waals surface area contributed by atoms with Gasteiger partial charge in [0.1, 0.15) is 0 Å². The molecular formula is C17H25NO4. The second-order valence-corrected chi connectivity index (χ2v) is 5.92. The second kappa shape index (κ2) is 8.54. The summed E-state index contributed by atoms with van der Waals surface area (Å²) >= 11 is 0. The first kappa shape index (κ1) is 18.2. The number of carbonyl (C=O) groups excluding carboxylic acids is 1. The van der Waals surface area contributed by atoms with Crippen molar-refractivity contribution >= 4 is 11.9 Å². The molecule has 0 aliphatic rings. The van der Waals surface area contributed by atoms with Crippen LogP contribution in [0.2, 0.25) is 0 Å². The Labute approximate surface area is 131 Å². The van der Waals surface area contributed by atoms with Gasteiger partial charge >= 0.3 is 5.97 Å². The van der Waals surface area contributed by atoms with E-state index in [1.54, 1.807) is 6.92 Å². The van der Waals surface area contributed by atoms with Gasteiger partial charge in [-0.05, 0) is 30.4 Å². The maximum absolute atomic E-state index is 12.2. The van der Waals surface area contributed by atoms with E-state index in [0.717, 1.165) is 12.0 Å². The maximum atomic E-state index is 12.2. The van der Waals surface area contributed by atoms with Gasteiger partial charge < -0.3 is 15.2 Å². The maximum Gasteiger partial charge on any atom is 0.328 e. The lowest BCUT2D eigenvalue weighted by Crippen LogP contribution is -2.45. The molecule has 1 rings (SSSR count). The molecule has 5 heteroatoms. The van der Waals surface area contributed by atoms with Gasteiger partial charge in [-0.2, -0.15) is 0 Å². The van der Waals surface area contributed by atoms with Gasteiger partial charge in [0.2, 0.25) is 5.91 Å². The summed E-state index contributed by atoms with van der Waals surface area (Å²) in [5.41, 5.74) is 2.10. The van der Waals surface area contributed by atoms with E-state index in [4.69, 9.17) is 9.84 Å². The van der Waals surface area contributed by atoms with Gasteiger partial charge in [-0.25, -0.2) is 4.79 Å². The molecule has 0 radical (unpaired) electrons. The number of ether oxygens (including phenoxy) is 1. The first-order valence-electron chi connectivity index (χ1n) is 7.46. The van der Waals surface area contributed by atoms with E-state index in [0.29, 0.717) is 5.92 Å². The number of carbonyl (C=O) groups is 2. The van der Waals surface area contributed by atoms with Crippen LogP contribution in [0, 0.1) is 5.92 Å². The molecule has 0 bridgehead atoms. The Morgan fingerprint density at radius 2 is 1.77 bits per heavy atom. The van der Waals surface area contributed by atoms with E-state index in [1.165, 1.54) is 12.7 Å². The number of nitrogens with one attached hydrogen (secondary N) is 1. The normalized spacial score (nSPS) is 13.7. The van der Waals surface area contributed by atoms with Crippen LogP contribution >= 0.6 is 0 Å². The fourth-order valence-corrected chi connectivity index (χ4v) is 2.20. The predicted octanol–water partition coefficient (Wildman–Crippen LogP) is 2.20. The van der Waals surface area contributed by atoms with E-state index in [9.17, 15) is 9.59 Å². The fraction of sp³-hybridized carbons (Fsp3) is 0.529. The third-order valence-corrected chi connectivity index (χ3v) is 3.46. The highest BCUT2D eigenvalue weighted by atomic mass is 16.5. The Balaban J connectivity index is 2.71. The Bertz CT molecular complexity index is 496. The highest BCUT2D eigenvalue weighted by molar-refractivity contribution is 5.87. The Hall–Kier alpha value is -1.88. The Morgan fingerprint density at radius 1 is 1.18 bits per heavy atom. The Morgan fingerprint density at radius 3 is 2.23 bits per heavy atom. The minimum atomic E-state index is -1.10. The molecule has 0 saturated heterocycles. The molecule has 122 valence electrons. The molecule has 0 saturated carbocycles. The minimum absolute atomic E-state index is 0.0544. The molecule has 0 aromatic heterocycles. The lowest BCUT2D eigenvalue weighted by molar-refractivity contribution is -0.143. The third-order valence-electron chi connectivity index (χ3n) is 3.46. The summed E-state index contributed by atoms with van der Waals surface area (Å²) in [6.45, 7) is 6.03. The van der Waals surface area contributed by atoms with Gasteiger partial charge in [-0.15, -0.1) is 0 Å². The van der Waals surface area contributed by atoms with Crippen molar-refractivity contribution in [2.45, 2.75) is 39.2 Å². The molecular weight excluding hydrogens is 282 g/mol. The average Bonchev–Trinajstić information content (AvgIpc) is 2.46. The molecule has 0 heterocycles. The standard InChI is InChI=1S/C17H25NO4/c1-11(2)9-13-5-7-14(8-6-13)12(3)16(19)18-15(10-22-4)17(20)21/h5-8,11-12,15H,9-10H2,1-4H3,(H,18,19)(H,20,21)/t12-,15+/m1/s1. The van der Waals surface area contributed by atoms with E-state index in [-0.39, 0.29) is 12.5 Å². The molecule has 1 aromatic carbocycles. The van der Waals surface area contributed by atoms with Crippen molar-refractivity contribution in [2.75, 3.05) is 13.7 Å². The molecule has 0 aliphatic heterocycles. The van der Waals surface area contributed by atoms with Crippen LogP contribution in [0.1, 0.15) is 37.8 Å². The number of methoxy groups -OCH3 is 1. The number of rotatable bonds is 8. The minimum Gasteiger partial charge on any atom is -0.480 e. The van der Waals surface area contributed by atoms with Crippen molar-refractivity contribution in [1.29, 1.82) is 0 Å². The van der Waals surface area contributed by atoms with Crippen LogP contribution in [-0.2, 0) is 20.7 Å². The highest BCUT2D eigenvalue weighted by Gasteiger charge is 2.23. The smallest absolute Gasteiger partial charge is 0.328 e. The fourth-order valence-electron chi connectivity index (χ4n) is 2.20. The zero-order valence-corrected chi connectivity index (χ0v) is 13.6. The first-order chi connectivity index (χ1) is 10.3. The Kier molecular flexibility index (Phi) is 7.05. The van der Waals surface area contributed by atoms with E-state index in [2.05, 4.69) is 19.2 Å². The summed E-state index contributed by atoms with van der Waals surface area (Å²) in [4.78, 5) is 23.2. The first-order valence-corrected chi connectivity index (χ1v) is 7.46. The van der Waals surface area contributed by atoms with Crippen LogP contribution in [0.15, 0.2) is 24.3 Å². The van der Waals surface area contributed by atoms with E-state index < -0.39 is 17.9 Å². The monoisotopic (exact) mass is 307 g/mol. The van der Waals surface area contributed by atoms with Crippen LogP contribution in [0.5, 0.6) is 0 Å². The summed E-state index contributed by atoms with van der Waals surface area (Å²) in [6, 6.07) is 6.86. The van der Waals surface area contributed by atoms with E-state index in [1.807, 2.05) is 24.3 Å². The van der Waals surface area contributed by atoms with Gasteiger partial charge in [0, 0.05) is 7.11 Å². The third kappa shape index (κ3) is 5.48. The summed E-state index contributed by atoms with van der Waals surface area (Å²) in [5, 5.41) is 11.5. The topological polar surface area (TPSA) is 75.6 Å². The molecule has 22 heavy (non-hydrogen) atoms. The van der Waals surface area contributed by atoms with Crippen LogP contribution in [0.3, 0.4) is 0 Å². The number of benzene rings is 1. The van der Waals surface area contributed by atoms with Crippen molar-refractivity contribution in [3.63, 3.8) is 0 Å².